The third-order valence-corrected chi connectivity index (χ3v) is 4.00. The van der Waals surface area contributed by atoms with Crippen LogP contribution in [0.2, 0.25) is 0 Å². The predicted molar refractivity (Wildman–Crippen MR) is 84.1 cm³/mol. The topological polar surface area (TPSA) is 40.6 Å². The van der Waals surface area contributed by atoms with Crippen molar-refractivity contribution < 1.29 is 9.59 Å². The molecule has 1 heterocycles. The summed E-state index contributed by atoms with van der Waals surface area (Å²) in [6.07, 6.45) is 2.42. The van der Waals surface area contributed by atoms with E-state index in [1.807, 2.05) is 42.2 Å². The van der Waals surface area contributed by atoms with E-state index in [1.54, 1.807) is 4.90 Å². The molecular formula is C17H24N2O2. The van der Waals surface area contributed by atoms with Crippen LogP contribution >= 0.6 is 0 Å². The summed E-state index contributed by atoms with van der Waals surface area (Å²) >= 11 is 0. The summed E-state index contributed by atoms with van der Waals surface area (Å²) < 4.78 is 0. The molecule has 21 heavy (non-hydrogen) atoms. The first-order chi connectivity index (χ1) is 10.2. The summed E-state index contributed by atoms with van der Waals surface area (Å²) in [6.45, 7) is 6.05. The molecule has 1 atom stereocenters. The van der Waals surface area contributed by atoms with Gasteiger partial charge in [0.05, 0.1) is 5.92 Å². The Kier molecular flexibility index (Phi) is 5.37. The summed E-state index contributed by atoms with van der Waals surface area (Å²) in [4.78, 5) is 28.3. The quantitative estimate of drug-likeness (QED) is 0.807. The number of carbonyl (C=O) groups is 2. The van der Waals surface area contributed by atoms with E-state index in [0.29, 0.717) is 19.5 Å². The van der Waals surface area contributed by atoms with Gasteiger partial charge in [-0.3, -0.25) is 9.59 Å². The van der Waals surface area contributed by atoms with Gasteiger partial charge in [0.2, 0.25) is 11.8 Å². The molecular weight excluding hydrogens is 264 g/mol. The van der Waals surface area contributed by atoms with Crippen LogP contribution in [0.25, 0.3) is 0 Å². The highest BCUT2D eigenvalue weighted by atomic mass is 16.2. The van der Waals surface area contributed by atoms with Gasteiger partial charge in [0.25, 0.3) is 0 Å². The molecule has 4 nitrogen and oxygen atoms in total. The smallest absolute Gasteiger partial charge is 0.232 e. The second-order valence-corrected chi connectivity index (χ2v) is 5.51. The van der Waals surface area contributed by atoms with Crippen LogP contribution < -0.4 is 4.90 Å². The van der Waals surface area contributed by atoms with Gasteiger partial charge in [0, 0.05) is 31.7 Å². The van der Waals surface area contributed by atoms with E-state index in [1.165, 1.54) is 0 Å². The molecule has 4 heteroatoms. The van der Waals surface area contributed by atoms with Crippen LogP contribution in [0.15, 0.2) is 30.3 Å². The number of unbranched alkanes of at least 4 members (excludes halogenated alkanes) is 1. The number of benzene rings is 1. The Labute approximate surface area is 126 Å². The molecule has 0 bridgehead atoms. The molecule has 0 spiro atoms. The van der Waals surface area contributed by atoms with E-state index >= 15 is 0 Å². The number of anilines is 1. The molecule has 1 aromatic rings. The van der Waals surface area contributed by atoms with Gasteiger partial charge in [-0.2, -0.15) is 0 Å². The van der Waals surface area contributed by atoms with Gasteiger partial charge < -0.3 is 9.80 Å². The first-order valence-electron chi connectivity index (χ1n) is 7.81. The lowest BCUT2D eigenvalue weighted by Crippen LogP contribution is -2.37. The fraction of sp³-hybridized carbons (Fsp3) is 0.529. The van der Waals surface area contributed by atoms with Crippen molar-refractivity contribution in [3.8, 4) is 0 Å². The minimum Gasteiger partial charge on any atom is -0.342 e. The highest BCUT2D eigenvalue weighted by molar-refractivity contribution is 5.98. The van der Waals surface area contributed by atoms with Crippen LogP contribution in [0, 0.1) is 5.92 Å². The third kappa shape index (κ3) is 3.63. The Bertz CT molecular complexity index is 487. The van der Waals surface area contributed by atoms with Gasteiger partial charge in [0.1, 0.15) is 0 Å². The van der Waals surface area contributed by atoms with Crippen LogP contribution in [-0.2, 0) is 9.59 Å². The third-order valence-electron chi connectivity index (χ3n) is 4.00. The van der Waals surface area contributed by atoms with E-state index in [0.717, 1.165) is 25.1 Å². The first kappa shape index (κ1) is 15.5. The van der Waals surface area contributed by atoms with E-state index in [-0.39, 0.29) is 17.7 Å². The first-order valence-corrected chi connectivity index (χ1v) is 7.81. The molecule has 0 unspecified atom stereocenters. The molecule has 0 N–H and O–H groups in total. The summed E-state index contributed by atoms with van der Waals surface area (Å²) in [5.41, 5.74) is 0.907. The summed E-state index contributed by atoms with van der Waals surface area (Å²) in [5.74, 6) is -0.0172. The van der Waals surface area contributed by atoms with Crippen LogP contribution in [0.1, 0.15) is 33.1 Å². The molecule has 2 rings (SSSR count). The van der Waals surface area contributed by atoms with Gasteiger partial charge >= 0.3 is 0 Å². The largest absolute Gasteiger partial charge is 0.342 e. The number of amides is 2. The lowest BCUT2D eigenvalue weighted by molar-refractivity contribution is -0.128. The number of rotatable bonds is 6. The fourth-order valence-corrected chi connectivity index (χ4v) is 2.80. The van der Waals surface area contributed by atoms with Crippen molar-refractivity contribution in [2.75, 3.05) is 24.5 Å². The number of para-hydroxylation sites is 1. The molecule has 0 aromatic heterocycles. The Morgan fingerprint density at radius 3 is 2.62 bits per heavy atom. The van der Waals surface area contributed by atoms with Crippen molar-refractivity contribution in [3.05, 3.63) is 30.3 Å². The zero-order chi connectivity index (χ0) is 15.2. The SMILES string of the molecule is CCCCN1C[C@H](C(=O)N(CC)c2ccccc2)CC1=O. The molecule has 0 aliphatic carbocycles. The molecule has 1 saturated heterocycles. The van der Waals surface area contributed by atoms with E-state index in [2.05, 4.69) is 6.92 Å². The Hall–Kier alpha value is -1.84. The normalized spacial score (nSPS) is 18.1. The van der Waals surface area contributed by atoms with Crippen LogP contribution in [0.4, 0.5) is 5.69 Å². The second kappa shape index (κ2) is 7.25. The molecule has 1 aliphatic heterocycles. The van der Waals surface area contributed by atoms with Crippen molar-refractivity contribution in [1.82, 2.24) is 4.90 Å². The Balaban J connectivity index is 2.04. The molecule has 1 aliphatic rings. The minimum atomic E-state index is -0.200. The number of hydrogen-bond donors (Lipinski definition) is 0. The van der Waals surface area contributed by atoms with Gasteiger partial charge in [-0.25, -0.2) is 0 Å². The average molecular weight is 288 g/mol. The molecule has 0 saturated carbocycles. The molecule has 2 amide bonds. The van der Waals surface area contributed by atoms with E-state index in [4.69, 9.17) is 0 Å². The Morgan fingerprint density at radius 2 is 2.00 bits per heavy atom. The molecule has 1 aromatic carbocycles. The van der Waals surface area contributed by atoms with Crippen LogP contribution in [0.3, 0.4) is 0 Å². The highest BCUT2D eigenvalue weighted by Gasteiger charge is 2.36. The van der Waals surface area contributed by atoms with Gasteiger partial charge in [-0.05, 0) is 25.5 Å². The summed E-state index contributed by atoms with van der Waals surface area (Å²) in [5, 5.41) is 0. The zero-order valence-electron chi connectivity index (χ0n) is 12.9. The number of hydrogen-bond acceptors (Lipinski definition) is 2. The predicted octanol–water partition coefficient (Wildman–Crippen LogP) is 2.69. The van der Waals surface area contributed by atoms with Gasteiger partial charge in [0.15, 0.2) is 0 Å². The number of nitrogens with zero attached hydrogens (tertiary/aromatic N) is 2. The lowest BCUT2D eigenvalue weighted by atomic mass is 10.1. The standard InChI is InChI=1S/C17H24N2O2/c1-3-5-11-18-13-14(12-16(18)20)17(21)19(4-2)15-9-7-6-8-10-15/h6-10,14H,3-5,11-13H2,1-2H3/t14-/m1/s1. The summed E-state index contributed by atoms with van der Waals surface area (Å²) in [7, 11) is 0. The van der Waals surface area contributed by atoms with Crippen molar-refractivity contribution in [1.29, 1.82) is 0 Å². The zero-order valence-corrected chi connectivity index (χ0v) is 12.9. The van der Waals surface area contributed by atoms with Gasteiger partial charge in [-0.1, -0.05) is 31.5 Å². The highest BCUT2D eigenvalue weighted by Crippen LogP contribution is 2.23. The van der Waals surface area contributed by atoms with Crippen molar-refractivity contribution in [2.24, 2.45) is 5.92 Å². The molecule has 0 radical (unpaired) electrons. The maximum Gasteiger partial charge on any atom is 0.232 e. The monoisotopic (exact) mass is 288 g/mol. The molecule has 1 fully saturated rings. The fourth-order valence-electron chi connectivity index (χ4n) is 2.80. The average Bonchev–Trinajstić information content (AvgIpc) is 2.88. The maximum absolute atomic E-state index is 12.7. The lowest BCUT2D eigenvalue weighted by Gasteiger charge is -2.24. The second-order valence-electron chi connectivity index (χ2n) is 5.51. The van der Waals surface area contributed by atoms with E-state index in [9.17, 15) is 9.59 Å². The maximum atomic E-state index is 12.7. The number of likely N-dealkylation sites (tertiary alicyclic amines) is 1. The molecule has 114 valence electrons. The van der Waals surface area contributed by atoms with Crippen LogP contribution in [0.5, 0.6) is 0 Å². The Morgan fingerprint density at radius 1 is 1.29 bits per heavy atom. The summed E-state index contributed by atoms with van der Waals surface area (Å²) in [6, 6.07) is 9.67. The van der Waals surface area contributed by atoms with Crippen molar-refractivity contribution >= 4 is 17.5 Å². The minimum absolute atomic E-state index is 0.0658. The van der Waals surface area contributed by atoms with Crippen LogP contribution in [-0.4, -0.2) is 36.3 Å². The van der Waals surface area contributed by atoms with Gasteiger partial charge in [-0.15, -0.1) is 0 Å². The van der Waals surface area contributed by atoms with Crippen molar-refractivity contribution in [3.63, 3.8) is 0 Å². The van der Waals surface area contributed by atoms with Crippen molar-refractivity contribution in [2.45, 2.75) is 33.1 Å². The van der Waals surface area contributed by atoms with E-state index < -0.39 is 0 Å². The number of carbonyl (C=O) groups excluding carboxylic acids is 2.